The van der Waals surface area contributed by atoms with Crippen molar-refractivity contribution in [2.45, 2.75) is 31.7 Å². The number of aromatic amines is 1. The lowest BCUT2D eigenvalue weighted by Crippen LogP contribution is -2.27. The molecular formula is C26H26N2. The van der Waals surface area contributed by atoms with E-state index in [0.29, 0.717) is 6.04 Å². The van der Waals surface area contributed by atoms with Gasteiger partial charge in [0.25, 0.3) is 0 Å². The van der Waals surface area contributed by atoms with Crippen LogP contribution in [0.15, 0.2) is 78.9 Å². The molecule has 140 valence electrons. The zero-order valence-electron chi connectivity index (χ0n) is 16.1. The predicted octanol–water partition coefficient (Wildman–Crippen LogP) is 6.04. The van der Waals surface area contributed by atoms with Gasteiger partial charge in [-0.2, -0.15) is 0 Å². The van der Waals surface area contributed by atoms with Crippen LogP contribution in [0.25, 0.3) is 22.0 Å². The van der Waals surface area contributed by atoms with E-state index in [1.807, 2.05) is 0 Å². The third-order valence-corrected chi connectivity index (χ3v) is 5.96. The van der Waals surface area contributed by atoms with Gasteiger partial charge in [0.05, 0.1) is 0 Å². The molecule has 0 saturated carbocycles. The zero-order chi connectivity index (χ0) is 18.8. The molecule has 0 spiro atoms. The fraction of sp³-hybridized carbons (Fsp3) is 0.231. The monoisotopic (exact) mass is 366 g/mol. The first-order valence-corrected chi connectivity index (χ1v) is 10.4. The van der Waals surface area contributed by atoms with Crippen molar-refractivity contribution in [2.24, 2.45) is 0 Å². The van der Waals surface area contributed by atoms with E-state index >= 15 is 0 Å². The Balaban J connectivity index is 1.40. The molecule has 2 N–H and O–H groups in total. The molecule has 1 atom stereocenters. The maximum atomic E-state index is 3.80. The van der Waals surface area contributed by atoms with Crippen molar-refractivity contribution in [3.8, 4) is 11.1 Å². The van der Waals surface area contributed by atoms with Gasteiger partial charge in [0.15, 0.2) is 0 Å². The molecule has 4 aromatic rings. The van der Waals surface area contributed by atoms with Gasteiger partial charge in [0.1, 0.15) is 0 Å². The lowest BCUT2D eigenvalue weighted by molar-refractivity contribution is 0.456. The molecule has 0 fully saturated rings. The van der Waals surface area contributed by atoms with Crippen molar-refractivity contribution in [1.82, 2.24) is 10.3 Å². The van der Waals surface area contributed by atoms with Gasteiger partial charge in [-0.25, -0.2) is 0 Å². The first-order valence-electron chi connectivity index (χ1n) is 10.4. The smallest absolute Gasteiger partial charge is 0.0476 e. The molecule has 0 radical (unpaired) electrons. The Kier molecular flexibility index (Phi) is 4.72. The number of H-pyrrole nitrogens is 1. The highest BCUT2D eigenvalue weighted by atomic mass is 14.9. The average molecular weight is 367 g/mol. The Morgan fingerprint density at radius 3 is 2.46 bits per heavy atom. The second kappa shape index (κ2) is 7.65. The van der Waals surface area contributed by atoms with Crippen molar-refractivity contribution in [2.75, 3.05) is 6.54 Å². The minimum atomic E-state index is 0.431. The highest BCUT2D eigenvalue weighted by molar-refractivity contribution is 5.89. The summed E-state index contributed by atoms with van der Waals surface area (Å²) in [6, 6.07) is 28.7. The van der Waals surface area contributed by atoms with Crippen molar-refractivity contribution in [1.29, 1.82) is 0 Å². The summed E-state index contributed by atoms with van der Waals surface area (Å²) in [5, 5.41) is 5.20. The van der Waals surface area contributed by atoms with Gasteiger partial charge in [-0.3, -0.25) is 0 Å². The number of nitrogens with one attached hydrogen (secondary N) is 2. The van der Waals surface area contributed by atoms with Crippen LogP contribution in [-0.4, -0.2) is 11.5 Å². The molecule has 0 aliphatic heterocycles. The van der Waals surface area contributed by atoms with E-state index in [0.717, 1.165) is 13.0 Å². The molecule has 2 heteroatoms. The van der Waals surface area contributed by atoms with Crippen LogP contribution < -0.4 is 5.32 Å². The molecule has 0 bridgehead atoms. The SMILES string of the molecule is c1ccc(CCNC2CCCc3c2[nH]c2ccc(-c4ccccc4)cc32)cc1. The number of aromatic nitrogens is 1. The van der Waals surface area contributed by atoms with Crippen LogP contribution in [0.3, 0.4) is 0 Å². The molecule has 1 heterocycles. The summed E-state index contributed by atoms with van der Waals surface area (Å²) >= 11 is 0. The molecule has 1 aliphatic rings. The number of hydrogen-bond donors (Lipinski definition) is 2. The van der Waals surface area contributed by atoms with Gasteiger partial charge in [0.2, 0.25) is 0 Å². The van der Waals surface area contributed by atoms with Crippen LogP contribution in [0.5, 0.6) is 0 Å². The van der Waals surface area contributed by atoms with Crippen molar-refractivity contribution >= 4 is 10.9 Å². The summed E-state index contributed by atoms with van der Waals surface area (Å²) in [5.74, 6) is 0. The Bertz CT molecular complexity index is 1060. The van der Waals surface area contributed by atoms with Crippen LogP contribution in [0.4, 0.5) is 0 Å². The number of rotatable bonds is 5. The molecule has 0 saturated heterocycles. The van der Waals surface area contributed by atoms with E-state index in [2.05, 4.69) is 89.2 Å². The van der Waals surface area contributed by atoms with Crippen molar-refractivity contribution in [3.05, 3.63) is 95.7 Å². The van der Waals surface area contributed by atoms with Crippen LogP contribution in [-0.2, 0) is 12.8 Å². The second-order valence-corrected chi connectivity index (χ2v) is 7.78. The summed E-state index contributed by atoms with van der Waals surface area (Å²) in [4.78, 5) is 3.73. The molecule has 3 aromatic carbocycles. The molecule has 0 amide bonds. The van der Waals surface area contributed by atoms with Gasteiger partial charge < -0.3 is 10.3 Å². The quantitative estimate of drug-likeness (QED) is 0.442. The van der Waals surface area contributed by atoms with Gasteiger partial charge in [0, 0.05) is 22.6 Å². The standard InChI is InChI=1S/C26H26N2/c1-3-8-19(9-4-1)16-17-27-25-13-7-12-22-23-18-21(20-10-5-2-6-11-20)14-15-24(23)28-26(22)25/h1-6,8-11,14-15,18,25,27-28H,7,12-13,16-17H2. The zero-order valence-corrected chi connectivity index (χ0v) is 16.1. The molecule has 1 aliphatic carbocycles. The third-order valence-electron chi connectivity index (χ3n) is 5.96. The molecular weight excluding hydrogens is 340 g/mol. The number of hydrogen-bond acceptors (Lipinski definition) is 1. The number of fused-ring (bicyclic) bond motifs is 3. The van der Waals surface area contributed by atoms with Crippen LogP contribution in [0.2, 0.25) is 0 Å². The highest BCUT2D eigenvalue weighted by Crippen LogP contribution is 2.36. The van der Waals surface area contributed by atoms with Gasteiger partial charge in [-0.05, 0) is 66.6 Å². The second-order valence-electron chi connectivity index (χ2n) is 7.78. The van der Waals surface area contributed by atoms with Crippen molar-refractivity contribution < 1.29 is 0 Å². The maximum Gasteiger partial charge on any atom is 0.0476 e. The van der Waals surface area contributed by atoms with Crippen LogP contribution in [0, 0.1) is 0 Å². The van der Waals surface area contributed by atoms with E-state index < -0.39 is 0 Å². The Morgan fingerprint density at radius 1 is 0.857 bits per heavy atom. The van der Waals surface area contributed by atoms with E-state index in [4.69, 9.17) is 0 Å². The van der Waals surface area contributed by atoms with Gasteiger partial charge in [-0.1, -0.05) is 66.7 Å². The minimum absolute atomic E-state index is 0.431. The minimum Gasteiger partial charge on any atom is -0.357 e. The van der Waals surface area contributed by atoms with E-state index in [1.54, 1.807) is 0 Å². The number of benzene rings is 3. The summed E-state index contributed by atoms with van der Waals surface area (Å²) in [7, 11) is 0. The molecule has 5 rings (SSSR count). The largest absolute Gasteiger partial charge is 0.357 e. The van der Waals surface area contributed by atoms with E-state index in [9.17, 15) is 0 Å². The predicted molar refractivity (Wildman–Crippen MR) is 118 cm³/mol. The summed E-state index contributed by atoms with van der Waals surface area (Å²) in [6.45, 7) is 1.01. The van der Waals surface area contributed by atoms with Crippen molar-refractivity contribution in [3.63, 3.8) is 0 Å². The van der Waals surface area contributed by atoms with Crippen LogP contribution in [0.1, 0.15) is 35.7 Å². The Hall–Kier alpha value is -2.84. The average Bonchev–Trinajstić information content (AvgIpc) is 3.14. The fourth-order valence-electron chi connectivity index (χ4n) is 4.51. The lowest BCUT2D eigenvalue weighted by atomic mass is 9.91. The fourth-order valence-corrected chi connectivity index (χ4v) is 4.51. The Labute approximate surface area is 166 Å². The number of aryl methyl sites for hydroxylation is 1. The summed E-state index contributed by atoms with van der Waals surface area (Å²) in [6.07, 6.45) is 4.70. The van der Waals surface area contributed by atoms with Gasteiger partial charge >= 0.3 is 0 Å². The maximum absolute atomic E-state index is 3.80. The third kappa shape index (κ3) is 3.36. The highest BCUT2D eigenvalue weighted by Gasteiger charge is 2.24. The molecule has 2 nitrogen and oxygen atoms in total. The molecule has 1 unspecified atom stereocenters. The first-order chi connectivity index (χ1) is 13.9. The Morgan fingerprint density at radius 2 is 1.64 bits per heavy atom. The van der Waals surface area contributed by atoms with Gasteiger partial charge in [-0.15, -0.1) is 0 Å². The normalized spacial score (nSPS) is 16.2. The first kappa shape index (κ1) is 17.3. The molecule has 1 aromatic heterocycles. The lowest BCUT2D eigenvalue weighted by Gasteiger charge is -2.24. The topological polar surface area (TPSA) is 27.8 Å². The van der Waals surface area contributed by atoms with E-state index in [1.165, 1.54) is 58.1 Å². The molecule has 28 heavy (non-hydrogen) atoms. The van der Waals surface area contributed by atoms with E-state index in [-0.39, 0.29) is 0 Å². The summed E-state index contributed by atoms with van der Waals surface area (Å²) in [5.41, 5.74) is 8.16. The summed E-state index contributed by atoms with van der Waals surface area (Å²) < 4.78 is 0. The van der Waals surface area contributed by atoms with Crippen LogP contribution >= 0.6 is 0 Å².